The first kappa shape index (κ1) is 11.7. The smallest absolute Gasteiger partial charge is 0.257 e. The van der Waals surface area contributed by atoms with E-state index in [1.54, 1.807) is 0 Å². The molecule has 0 spiro atoms. The number of nitrogens with zero attached hydrogens (tertiary/aromatic N) is 2. The standard InChI is InChI=1S/C13H20N4O/c1-9-3-6-17(7-4-9)13-15-11-2-5-14-8-10(11)12(18)16-13/h9,14H,2-8H2,1H3,(H,15,16,18). The molecule has 2 aliphatic heterocycles. The van der Waals surface area contributed by atoms with Crippen molar-refractivity contribution in [3.63, 3.8) is 0 Å². The van der Waals surface area contributed by atoms with Crippen molar-refractivity contribution < 1.29 is 0 Å². The Morgan fingerprint density at radius 3 is 2.89 bits per heavy atom. The number of aromatic amines is 1. The predicted molar refractivity (Wildman–Crippen MR) is 70.9 cm³/mol. The maximum Gasteiger partial charge on any atom is 0.257 e. The third-order valence-corrected chi connectivity index (χ3v) is 4.01. The lowest BCUT2D eigenvalue weighted by Crippen LogP contribution is -2.38. The highest BCUT2D eigenvalue weighted by Crippen LogP contribution is 2.20. The zero-order chi connectivity index (χ0) is 12.5. The molecule has 1 aromatic heterocycles. The lowest BCUT2D eigenvalue weighted by atomic mass is 9.99. The summed E-state index contributed by atoms with van der Waals surface area (Å²) in [6, 6.07) is 0. The average Bonchev–Trinajstić information content (AvgIpc) is 2.39. The minimum absolute atomic E-state index is 0.0285. The molecule has 18 heavy (non-hydrogen) atoms. The van der Waals surface area contributed by atoms with Crippen LogP contribution < -0.4 is 15.8 Å². The molecule has 98 valence electrons. The van der Waals surface area contributed by atoms with Crippen LogP contribution in [0.25, 0.3) is 0 Å². The fourth-order valence-corrected chi connectivity index (χ4v) is 2.71. The summed E-state index contributed by atoms with van der Waals surface area (Å²) in [6.45, 7) is 5.85. The van der Waals surface area contributed by atoms with Gasteiger partial charge in [-0.2, -0.15) is 0 Å². The maximum atomic E-state index is 12.0. The quantitative estimate of drug-likeness (QED) is 0.766. The van der Waals surface area contributed by atoms with Crippen molar-refractivity contribution in [2.75, 3.05) is 24.5 Å². The van der Waals surface area contributed by atoms with Gasteiger partial charge in [0.15, 0.2) is 0 Å². The second-order valence-corrected chi connectivity index (χ2v) is 5.41. The molecule has 0 aliphatic carbocycles. The molecule has 0 bridgehead atoms. The van der Waals surface area contributed by atoms with E-state index >= 15 is 0 Å². The molecular formula is C13H20N4O. The third-order valence-electron chi connectivity index (χ3n) is 4.01. The highest BCUT2D eigenvalue weighted by molar-refractivity contribution is 5.34. The first-order chi connectivity index (χ1) is 8.74. The SMILES string of the molecule is CC1CCN(c2nc3c(c(=O)[nH]2)CNCC3)CC1. The topological polar surface area (TPSA) is 61.0 Å². The van der Waals surface area contributed by atoms with Crippen molar-refractivity contribution in [1.29, 1.82) is 0 Å². The van der Waals surface area contributed by atoms with Gasteiger partial charge in [-0.25, -0.2) is 4.98 Å². The first-order valence-corrected chi connectivity index (χ1v) is 6.82. The molecule has 0 unspecified atom stereocenters. The summed E-state index contributed by atoms with van der Waals surface area (Å²) in [5.41, 5.74) is 1.82. The van der Waals surface area contributed by atoms with Gasteiger partial charge in [-0.1, -0.05) is 6.92 Å². The molecule has 2 N–H and O–H groups in total. The monoisotopic (exact) mass is 248 g/mol. The summed E-state index contributed by atoms with van der Waals surface area (Å²) < 4.78 is 0. The number of nitrogens with one attached hydrogen (secondary N) is 2. The normalized spacial score (nSPS) is 20.8. The van der Waals surface area contributed by atoms with Crippen LogP contribution in [0.5, 0.6) is 0 Å². The van der Waals surface area contributed by atoms with Crippen molar-refractivity contribution in [1.82, 2.24) is 15.3 Å². The van der Waals surface area contributed by atoms with Gasteiger partial charge in [0.2, 0.25) is 5.95 Å². The Hall–Kier alpha value is -1.36. The Morgan fingerprint density at radius 1 is 1.33 bits per heavy atom. The minimum Gasteiger partial charge on any atom is -0.342 e. The van der Waals surface area contributed by atoms with E-state index in [0.29, 0.717) is 6.54 Å². The highest BCUT2D eigenvalue weighted by Gasteiger charge is 2.21. The number of fused-ring (bicyclic) bond motifs is 1. The summed E-state index contributed by atoms with van der Waals surface area (Å²) >= 11 is 0. The molecule has 1 saturated heterocycles. The van der Waals surface area contributed by atoms with Gasteiger partial charge in [0.1, 0.15) is 0 Å². The number of hydrogen-bond acceptors (Lipinski definition) is 4. The molecule has 0 atom stereocenters. The fraction of sp³-hybridized carbons (Fsp3) is 0.692. The van der Waals surface area contributed by atoms with Crippen molar-refractivity contribution in [2.24, 2.45) is 5.92 Å². The van der Waals surface area contributed by atoms with Crippen molar-refractivity contribution in [3.8, 4) is 0 Å². The minimum atomic E-state index is 0.0285. The molecule has 5 nitrogen and oxygen atoms in total. The predicted octanol–water partition coefficient (Wildman–Crippen LogP) is 0.652. The van der Waals surface area contributed by atoms with Crippen LogP contribution in [-0.4, -0.2) is 29.6 Å². The van der Waals surface area contributed by atoms with Crippen LogP contribution in [0.2, 0.25) is 0 Å². The van der Waals surface area contributed by atoms with E-state index in [1.165, 1.54) is 12.8 Å². The van der Waals surface area contributed by atoms with Gasteiger partial charge >= 0.3 is 0 Å². The van der Waals surface area contributed by atoms with Gasteiger partial charge in [-0.15, -0.1) is 0 Å². The molecule has 5 heteroatoms. The molecule has 0 aromatic carbocycles. The molecule has 0 saturated carbocycles. The number of anilines is 1. The fourth-order valence-electron chi connectivity index (χ4n) is 2.71. The van der Waals surface area contributed by atoms with Crippen molar-refractivity contribution in [3.05, 3.63) is 21.6 Å². The van der Waals surface area contributed by atoms with Gasteiger partial charge in [0.05, 0.1) is 11.3 Å². The van der Waals surface area contributed by atoms with Gasteiger partial charge in [0.25, 0.3) is 5.56 Å². The summed E-state index contributed by atoms with van der Waals surface area (Å²) in [5, 5.41) is 3.21. The largest absolute Gasteiger partial charge is 0.342 e. The third kappa shape index (κ3) is 2.14. The molecule has 0 radical (unpaired) electrons. The number of piperidine rings is 1. The zero-order valence-corrected chi connectivity index (χ0v) is 10.8. The van der Waals surface area contributed by atoms with Gasteiger partial charge in [-0.05, 0) is 18.8 Å². The molecule has 1 fully saturated rings. The Balaban J connectivity index is 1.89. The Bertz CT molecular complexity index is 488. The van der Waals surface area contributed by atoms with Gasteiger partial charge in [-0.3, -0.25) is 9.78 Å². The van der Waals surface area contributed by atoms with Crippen LogP contribution in [0.1, 0.15) is 31.0 Å². The van der Waals surface area contributed by atoms with Crippen LogP contribution >= 0.6 is 0 Å². The highest BCUT2D eigenvalue weighted by atomic mass is 16.1. The van der Waals surface area contributed by atoms with Crippen LogP contribution in [0, 0.1) is 5.92 Å². The molecule has 3 heterocycles. The second kappa shape index (κ2) is 4.72. The number of rotatable bonds is 1. The summed E-state index contributed by atoms with van der Waals surface area (Å²) in [7, 11) is 0. The van der Waals surface area contributed by atoms with Crippen LogP contribution in [0.15, 0.2) is 4.79 Å². The molecule has 1 aromatic rings. The number of hydrogen-bond donors (Lipinski definition) is 2. The number of H-pyrrole nitrogens is 1. The Morgan fingerprint density at radius 2 is 2.11 bits per heavy atom. The van der Waals surface area contributed by atoms with Crippen LogP contribution in [0.3, 0.4) is 0 Å². The van der Waals surface area contributed by atoms with E-state index in [2.05, 4.69) is 27.1 Å². The van der Waals surface area contributed by atoms with E-state index < -0.39 is 0 Å². The van der Waals surface area contributed by atoms with Gasteiger partial charge in [0, 0.05) is 32.6 Å². The Kier molecular flexibility index (Phi) is 3.07. The maximum absolute atomic E-state index is 12.0. The van der Waals surface area contributed by atoms with Crippen LogP contribution in [0.4, 0.5) is 5.95 Å². The molecule has 2 aliphatic rings. The zero-order valence-electron chi connectivity index (χ0n) is 10.8. The van der Waals surface area contributed by atoms with E-state index in [-0.39, 0.29) is 5.56 Å². The van der Waals surface area contributed by atoms with E-state index in [9.17, 15) is 4.79 Å². The molecule has 3 rings (SSSR count). The van der Waals surface area contributed by atoms with Crippen molar-refractivity contribution >= 4 is 5.95 Å². The summed E-state index contributed by atoms with van der Waals surface area (Å²) in [4.78, 5) is 21.8. The summed E-state index contributed by atoms with van der Waals surface area (Å²) in [6.07, 6.45) is 3.22. The van der Waals surface area contributed by atoms with Crippen molar-refractivity contribution in [2.45, 2.75) is 32.7 Å². The molecule has 0 amide bonds. The van der Waals surface area contributed by atoms with Gasteiger partial charge < -0.3 is 10.2 Å². The lowest BCUT2D eigenvalue weighted by molar-refractivity contribution is 0.433. The Labute approximate surface area is 107 Å². The lowest BCUT2D eigenvalue weighted by Gasteiger charge is -2.31. The molecular weight excluding hydrogens is 228 g/mol. The average molecular weight is 248 g/mol. The number of aromatic nitrogens is 2. The van der Waals surface area contributed by atoms with E-state index in [1.807, 2.05) is 0 Å². The second-order valence-electron chi connectivity index (χ2n) is 5.41. The van der Waals surface area contributed by atoms with E-state index in [0.717, 1.165) is 49.2 Å². The summed E-state index contributed by atoms with van der Waals surface area (Å²) in [5.74, 6) is 1.56. The first-order valence-electron chi connectivity index (χ1n) is 6.82. The van der Waals surface area contributed by atoms with E-state index in [4.69, 9.17) is 0 Å². The van der Waals surface area contributed by atoms with Crippen LogP contribution in [-0.2, 0) is 13.0 Å².